The number of rotatable bonds is 1. The molecule has 0 aromatic carbocycles. The molecule has 0 spiro atoms. The molecule has 0 amide bonds. The maximum Gasteiger partial charge on any atom is 0.120 e. The van der Waals surface area contributed by atoms with Crippen LogP contribution in [0, 0.1) is 0 Å². The quantitative estimate of drug-likeness (QED) is 0.488. The first-order valence-electron chi connectivity index (χ1n) is 3.04. The van der Waals surface area contributed by atoms with E-state index in [0.717, 1.165) is 0 Å². The van der Waals surface area contributed by atoms with E-state index in [1.54, 1.807) is 0 Å². The molecule has 0 bridgehead atoms. The van der Waals surface area contributed by atoms with Crippen LogP contribution in [0.3, 0.4) is 0 Å². The largest absolute Gasteiger partial charge is 0.240 e. The van der Waals surface area contributed by atoms with Gasteiger partial charge in [0.2, 0.25) is 0 Å². The summed E-state index contributed by atoms with van der Waals surface area (Å²) in [7, 11) is 2.12. The van der Waals surface area contributed by atoms with E-state index in [0.29, 0.717) is 6.42 Å². The van der Waals surface area contributed by atoms with Crippen molar-refractivity contribution in [3.05, 3.63) is 0 Å². The van der Waals surface area contributed by atoms with E-state index in [1.807, 2.05) is 20.8 Å². The van der Waals surface area contributed by atoms with Crippen LogP contribution in [0.15, 0.2) is 0 Å². The molecule has 0 nitrogen and oxygen atoms in total. The first-order valence-corrected chi connectivity index (χ1v) is 3.62. The van der Waals surface area contributed by atoms with Gasteiger partial charge >= 0.3 is 0 Å². The van der Waals surface area contributed by atoms with Gasteiger partial charge in [-0.05, 0) is 13.3 Å². The SMILES string of the molecule is CC.CCC(C)(F)P. The predicted molar refractivity (Wildman–Crippen MR) is 40.9 cm³/mol. The molecule has 0 fully saturated rings. The van der Waals surface area contributed by atoms with Crippen LogP contribution in [0.5, 0.6) is 0 Å². The molecule has 0 heterocycles. The molecule has 0 saturated heterocycles. The smallest absolute Gasteiger partial charge is 0.120 e. The van der Waals surface area contributed by atoms with Crippen molar-refractivity contribution in [2.45, 2.75) is 39.5 Å². The Bertz CT molecular complexity index is 38.3. The van der Waals surface area contributed by atoms with Gasteiger partial charge in [-0.25, -0.2) is 4.39 Å². The van der Waals surface area contributed by atoms with E-state index in [1.165, 1.54) is 6.92 Å². The highest BCUT2D eigenvalue weighted by Crippen LogP contribution is 2.21. The third-order valence-corrected chi connectivity index (χ3v) is 1.10. The Morgan fingerprint density at radius 1 is 1.50 bits per heavy atom. The van der Waals surface area contributed by atoms with Gasteiger partial charge in [-0.2, -0.15) is 0 Å². The molecule has 0 aliphatic rings. The highest BCUT2D eigenvalue weighted by atomic mass is 31.0. The lowest BCUT2D eigenvalue weighted by Gasteiger charge is -2.07. The Morgan fingerprint density at radius 2 is 1.62 bits per heavy atom. The fraction of sp³-hybridized carbons (Fsp3) is 1.00. The predicted octanol–water partition coefficient (Wildman–Crippen LogP) is 2.98. The Morgan fingerprint density at radius 3 is 1.62 bits per heavy atom. The van der Waals surface area contributed by atoms with Crippen molar-refractivity contribution in [2.75, 3.05) is 0 Å². The van der Waals surface area contributed by atoms with Crippen molar-refractivity contribution < 1.29 is 4.39 Å². The molecular weight excluding hydrogens is 122 g/mol. The van der Waals surface area contributed by atoms with Crippen LogP contribution < -0.4 is 0 Å². The monoisotopic (exact) mass is 138 g/mol. The van der Waals surface area contributed by atoms with Crippen molar-refractivity contribution in [1.29, 1.82) is 0 Å². The highest BCUT2D eigenvalue weighted by Gasteiger charge is 2.09. The van der Waals surface area contributed by atoms with Gasteiger partial charge < -0.3 is 0 Å². The van der Waals surface area contributed by atoms with Crippen LogP contribution in [0.2, 0.25) is 0 Å². The van der Waals surface area contributed by atoms with Gasteiger partial charge in [-0.15, -0.1) is 0 Å². The van der Waals surface area contributed by atoms with E-state index < -0.39 is 5.41 Å². The van der Waals surface area contributed by atoms with Crippen molar-refractivity contribution in [1.82, 2.24) is 0 Å². The maximum atomic E-state index is 12.1. The second-order valence-corrected chi connectivity index (χ2v) is 2.84. The van der Waals surface area contributed by atoms with E-state index in [-0.39, 0.29) is 0 Å². The van der Waals surface area contributed by atoms with Crippen molar-refractivity contribution in [3.8, 4) is 0 Å². The summed E-state index contributed by atoms with van der Waals surface area (Å²) in [5.74, 6) is 0. The third kappa shape index (κ3) is 16.2. The molecule has 0 aromatic heterocycles. The average Bonchev–Trinajstić information content (AvgIpc) is 1.71. The van der Waals surface area contributed by atoms with Crippen molar-refractivity contribution in [2.24, 2.45) is 0 Å². The lowest BCUT2D eigenvalue weighted by atomic mass is 10.3. The lowest BCUT2D eigenvalue weighted by molar-refractivity contribution is 0.306. The van der Waals surface area contributed by atoms with Gasteiger partial charge in [0, 0.05) is 0 Å². The van der Waals surface area contributed by atoms with Crippen LogP contribution in [-0.2, 0) is 0 Å². The Labute approximate surface area is 54.1 Å². The van der Waals surface area contributed by atoms with Gasteiger partial charge in [-0.1, -0.05) is 30.0 Å². The van der Waals surface area contributed by atoms with Crippen LogP contribution in [0.25, 0.3) is 0 Å². The zero-order chi connectivity index (χ0) is 7.21. The van der Waals surface area contributed by atoms with Crippen molar-refractivity contribution in [3.63, 3.8) is 0 Å². The summed E-state index contributed by atoms with van der Waals surface area (Å²) in [6.07, 6.45) is 0.567. The second kappa shape index (κ2) is 5.50. The van der Waals surface area contributed by atoms with Gasteiger partial charge in [0.1, 0.15) is 5.41 Å². The third-order valence-electron chi connectivity index (χ3n) is 0.691. The molecule has 2 heteroatoms. The van der Waals surface area contributed by atoms with Gasteiger partial charge in [-0.3, -0.25) is 0 Å². The number of hydrogen-bond donors (Lipinski definition) is 0. The van der Waals surface area contributed by atoms with E-state index in [2.05, 4.69) is 9.24 Å². The fourth-order valence-electron chi connectivity index (χ4n) is 0. The number of halogens is 1. The zero-order valence-electron chi connectivity index (χ0n) is 6.16. The average molecular weight is 138 g/mol. The number of alkyl halides is 1. The van der Waals surface area contributed by atoms with Crippen LogP contribution in [0.4, 0.5) is 4.39 Å². The van der Waals surface area contributed by atoms with Crippen LogP contribution in [0.1, 0.15) is 34.1 Å². The standard InChI is InChI=1S/C4H10FP.C2H6/c1-3-4(2,5)6;1-2/h3,6H2,1-2H3;1-2H3. The Kier molecular flexibility index (Phi) is 7.69. The van der Waals surface area contributed by atoms with Gasteiger partial charge in [0.05, 0.1) is 0 Å². The second-order valence-electron chi connectivity index (χ2n) is 1.63. The summed E-state index contributed by atoms with van der Waals surface area (Å²) in [4.78, 5) is 0. The summed E-state index contributed by atoms with van der Waals surface area (Å²) < 4.78 is 12.1. The van der Waals surface area contributed by atoms with Crippen LogP contribution in [-0.4, -0.2) is 5.41 Å². The molecule has 52 valence electrons. The summed E-state index contributed by atoms with van der Waals surface area (Å²) in [6, 6.07) is 0. The van der Waals surface area contributed by atoms with E-state index >= 15 is 0 Å². The molecule has 0 aliphatic carbocycles. The normalized spacial score (nSPS) is 15.8. The van der Waals surface area contributed by atoms with Gasteiger partial charge in [0.25, 0.3) is 0 Å². The summed E-state index contributed by atoms with van der Waals surface area (Å²) >= 11 is 0. The van der Waals surface area contributed by atoms with E-state index in [9.17, 15) is 4.39 Å². The fourth-order valence-corrected chi connectivity index (χ4v) is 0. The zero-order valence-corrected chi connectivity index (χ0v) is 7.32. The molecule has 8 heavy (non-hydrogen) atoms. The van der Waals surface area contributed by atoms with Crippen LogP contribution >= 0.6 is 9.24 Å². The molecule has 0 radical (unpaired) electrons. The summed E-state index contributed by atoms with van der Waals surface area (Å²) in [6.45, 7) is 7.35. The Hall–Kier alpha value is 0.360. The summed E-state index contributed by atoms with van der Waals surface area (Å²) in [5, 5.41) is -1.04. The molecule has 0 aliphatic heterocycles. The molecule has 0 aromatic rings. The van der Waals surface area contributed by atoms with E-state index in [4.69, 9.17) is 0 Å². The van der Waals surface area contributed by atoms with Crippen molar-refractivity contribution >= 4 is 9.24 Å². The maximum absolute atomic E-state index is 12.1. The summed E-state index contributed by atoms with van der Waals surface area (Å²) in [5.41, 5.74) is 0. The molecular formula is C6H16FP. The molecule has 0 N–H and O–H groups in total. The van der Waals surface area contributed by atoms with Gasteiger partial charge in [0.15, 0.2) is 0 Å². The topological polar surface area (TPSA) is 0 Å². The number of hydrogen-bond acceptors (Lipinski definition) is 0. The first kappa shape index (κ1) is 11.2. The molecule has 0 saturated carbocycles. The molecule has 0 rings (SSSR count). The Balaban J connectivity index is 0. The molecule has 2 unspecified atom stereocenters. The highest BCUT2D eigenvalue weighted by molar-refractivity contribution is 7.18. The first-order chi connectivity index (χ1) is 3.56. The minimum absolute atomic E-state index is 0.567. The molecule has 2 atom stereocenters. The lowest BCUT2D eigenvalue weighted by Crippen LogP contribution is -2.01. The minimum atomic E-state index is -1.04. The minimum Gasteiger partial charge on any atom is -0.240 e.